The number of rotatable bonds is 0. The van der Waals surface area contributed by atoms with Crippen molar-refractivity contribution in [1.29, 1.82) is 0 Å². The van der Waals surface area contributed by atoms with Crippen LogP contribution in [-0.4, -0.2) is 21.6 Å². The molecule has 0 aliphatic heterocycles. The van der Waals surface area contributed by atoms with Crippen LogP contribution in [-0.2, 0) is 0 Å². The van der Waals surface area contributed by atoms with Crippen molar-refractivity contribution in [3.05, 3.63) is 0 Å². The summed E-state index contributed by atoms with van der Waals surface area (Å²) < 4.78 is -0.139. The standard InChI is InChI=1S/C2H3ClN2O3/c3-5(1(4)6)2(7)8/h(H2,4,6)(H,7,8). The predicted octanol–water partition coefficient (Wildman–Crippen LogP) is 0.199. The summed E-state index contributed by atoms with van der Waals surface area (Å²) in [5.74, 6) is 0. The van der Waals surface area contributed by atoms with Crippen molar-refractivity contribution in [2.24, 2.45) is 5.73 Å². The van der Waals surface area contributed by atoms with Crippen molar-refractivity contribution in [2.45, 2.75) is 0 Å². The molecule has 0 bridgehead atoms. The van der Waals surface area contributed by atoms with Crippen LogP contribution >= 0.6 is 11.8 Å². The minimum atomic E-state index is -1.58. The average molecular weight is 139 g/mol. The van der Waals surface area contributed by atoms with Gasteiger partial charge in [-0.1, -0.05) is 0 Å². The lowest BCUT2D eigenvalue weighted by Gasteiger charge is -1.99. The van der Waals surface area contributed by atoms with Gasteiger partial charge in [0.2, 0.25) is 0 Å². The molecular weight excluding hydrogens is 135 g/mol. The highest BCUT2D eigenvalue weighted by Gasteiger charge is 2.12. The molecule has 3 amide bonds. The maximum Gasteiger partial charge on any atom is 0.430 e. The van der Waals surface area contributed by atoms with Gasteiger partial charge in [-0.25, -0.2) is 9.59 Å². The Balaban J connectivity index is 3.83. The second kappa shape index (κ2) is 2.37. The summed E-state index contributed by atoms with van der Waals surface area (Å²) in [4.78, 5) is 19.4. The molecule has 3 N–H and O–H groups in total. The molecule has 0 aromatic carbocycles. The van der Waals surface area contributed by atoms with Gasteiger partial charge in [0.05, 0.1) is 0 Å². The molecule has 0 unspecified atom stereocenters. The number of hydrogen-bond donors (Lipinski definition) is 2. The molecule has 0 saturated carbocycles. The van der Waals surface area contributed by atoms with Crippen molar-refractivity contribution >= 4 is 23.9 Å². The Morgan fingerprint density at radius 2 is 2.00 bits per heavy atom. The summed E-state index contributed by atoms with van der Waals surface area (Å²) in [6, 6.07) is -1.21. The zero-order valence-corrected chi connectivity index (χ0v) is 4.42. The van der Waals surface area contributed by atoms with Gasteiger partial charge in [0.15, 0.2) is 0 Å². The highest BCUT2D eigenvalue weighted by atomic mass is 35.5. The summed E-state index contributed by atoms with van der Waals surface area (Å²) in [6.45, 7) is 0. The maximum absolute atomic E-state index is 9.78. The number of nitrogens with two attached hydrogens (primary N) is 1. The van der Waals surface area contributed by atoms with E-state index in [4.69, 9.17) is 16.9 Å². The van der Waals surface area contributed by atoms with Gasteiger partial charge in [-0.3, -0.25) is 0 Å². The zero-order chi connectivity index (χ0) is 6.73. The van der Waals surface area contributed by atoms with Crippen molar-refractivity contribution in [2.75, 3.05) is 0 Å². The minimum absolute atomic E-state index is 0.139. The maximum atomic E-state index is 9.78. The van der Waals surface area contributed by atoms with E-state index >= 15 is 0 Å². The first-order valence-corrected chi connectivity index (χ1v) is 1.87. The van der Waals surface area contributed by atoms with Crippen LogP contribution in [0.15, 0.2) is 0 Å². The number of carbonyl (C=O) groups is 2. The molecule has 46 valence electrons. The second-order valence-electron chi connectivity index (χ2n) is 0.902. The molecule has 0 fully saturated rings. The van der Waals surface area contributed by atoms with Gasteiger partial charge in [0, 0.05) is 11.8 Å². The average Bonchev–Trinajstić information content (AvgIpc) is 1.64. The fourth-order valence-electron chi connectivity index (χ4n) is 0.0943. The van der Waals surface area contributed by atoms with Crippen molar-refractivity contribution < 1.29 is 14.7 Å². The van der Waals surface area contributed by atoms with Crippen LogP contribution in [0.4, 0.5) is 9.59 Å². The third-order valence-corrected chi connectivity index (χ3v) is 0.673. The van der Waals surface area contributed by atoms with Gasteiger partial charge in [0.1, 0.15) is 0 Å². The van der Waals surface area contributed by atoms with E-state index < -0.39 is 12.1 Å². The molecule has 0 rings (SSSR count). The van der Waals surface area contributed by atoms with Crippen LogP contribution < -0.4 is 5.73 Å². The topological polar surface area (TPSA) is 83.6 Å². The van der Waals surface area contributed by atoms with E-state index in [1.807, 2.05) is 0 Å². The number of carboxylic acid groups (broad SMARTS) is 1. The lowest BCUT2D eigenvalue weighted by molar-refractivity contribution is 0.174. The lowest BCUT2D eigenvalue weighted by Crippen LogP contribution is -2.31. The fourth-order valence-corrected chi connectivity index (χ4v) is 0.0943. The summed E-state index contributed by atoms with van der Waals surface area (Å²) in [7, 11) is 0. The van der Waals surface area contributed by atoms with Gasteiger partial charge in [-0.2, -0.15) is 0 Å². The van der Waals surface area contributed by atoms with Crippen LogP contribution in [0.5, 0.6) is 0 Å². The Kier molecular flexibility index (Phi) is 2.08. The summed E-state index contributed by atoms with van der Waals surface area (Å²) in [5.41, 5.74) is 4.41. The molecule has 8 heavy (non-hydrogen) atoms. The first kappa shape index (κ1) is 7.03. The molecule has 0 aromatic rings. The molecule has 6 heteroatoms. The van der Waals surface area contributed by atoms with Gasteiger partial charge < -0.3 is 10.8 Å². The van der Waals surface area contributed by atoms with E-state index in [2.05, 4.69) is 5.73 Å². The quantitative estimate of drug-likeness (QED) is 0.469. The van der Waals surface area contributed by atoms with E-state index in [0.717, 1.165) is 0 Å². The molecule has 0 atom stereocenters. The summed E-state index contributed by atoms with van der Waals surface area (Å²) in [5, 5.41) is 7.85. The number of carbonyl (C=O) groups excluding carboxylic acids is 1. The smallest absolute Gasteiger partial charge is 0.430 e. The van der Waals surface area contributed by atoms with Crippen LogP contribution in [0, 0.1) is 0 Å². The monoisotopic (exact) mass is 138 g/mol. The number of amides is 3. The molecule has 0 aromatic heterocycles. The normalized spacial score (nSPS) is 8.12. The van der Waals surface area contributed by atoms with E-state index in [-0.39, 0.29) is 4.42 Å². The van der Waals surface area contributed by atoms with Crippen molar-refractivity contribution in [1.82, 2.24) is 4.42 Å². The number of halogens is 1. The Morgan fingerprint density at radius 3 is 2.00 bits per heavy atom. The van der Waals surface area contributed by atoms with E-state index in [9.17, 15) is 9.59 Å². The first-order valence-electron chi connectivity index (χ1n) is 1.54. The lowest BCUT2D eigenvalue weighted by atomic mass is 11.0. The molecule has 0 radical (unpaired) electrons. The third kappa shape index (κ3) is 1.65. The van der Waals surface area contributed by atoms with Gasteiger partial charge >= 0.3 is 12.1 Å². The fraction of sp³-hybridized carbons (Fsp3) is 0. The molecule has 5 nitrogen and oxygen atoms in total. The highest BCUT2D eigenvalue weighted by molar-refractivity contribution is 6.28. The number of primary amides is 1. The number of urea groups is 1. The first-order chi connectivity index (χ1) is 3.55. The molecular formula is C2H3ClN2O3. The summed E-state index contributed by atoms with van der Waals surface area (Å²) >= 11 is 4.71. The number of hydrogen-bond acceptors (Lipinski definition) is 2. The van der Waals surface area contributed by atoms with Crippen LogP contribution in [0.25, 0.3) is 0 Å². The number of imide groups is 1. The zero-order valence-electron chi connectivity index (χ0n) is 3.67. The van der Waals surface area contributed by atoms with Crippen LogP contribution in [0.1, 0.15) is 0 Å². The molecule has 0 heterocycles. The molecule has 0 aliphatic rings. The number of nitrogens with zero attached hydrogens (tertiary/aromatic N) is 1. The van der Waals surface area contributed by atoms with Gasteiger partial charge in [-0.15, -0.1) is 4.42 Å². The van der Waals surface area contributed by atoms with Crippen molar-refractivity contribution in [3.8, 4) is 0 Å². The summed E-state index contributed by atoms with van der Waals surface area (Å²) in [6.07, 6.45) is -1.58. The SMILES string of the molecule is NC(=O)N(Cl)C(=O)O. The molecule has 0 aliphatic carbocycles. The van der Waals surface area contributed by atoms with Crippen LogP contribution in [0.2, 0.25) is 0 Å². The molecule has 0 spiro atoms. The molecule has 0 saturated heterocycles. The second-order valence-corrected chi connectivity index (χ2v) is 1.24. The Hall–Kier alpha value is -0.970. The van der Waals surface area contributed by atoms with Crippen molar-refractivity contribution in [3.63, 3.8) is 0 Å². The largest absolute Gasteiger partial charge is 0.464 e. The van der Waals surface area contributed by atoms with Gasteiger partial charge in [0.25, 0.3) is 0 Å². The Morgan fingerprint density at radius 1 is 1.62 bits per heavy atom. The van der Waals surface area contributed by atoms with Gasteiger partial charge in [-0.05, 0) is 0 Å². The van der Waals surface area contributed by atoms with E-state index in [1.165, 1.54) is 0 Å². The van der Waals surface area contributed by atoms with E-state index in [0.29, 0.717) is 0 Å². The minimum Gasteiger partial charge on any atom is -0.464 e. The highest BCUT2D eigenvalue weighted by Crippen LogP contribution is 1.91. The predicted molar refractivity (Wildman–Crippen MR) is 25.3 cm³/mol. The van der Waals surface area contributed by atoms with Crippen LogP contribution in [0.3, 0.4) is 0 Å². The Bertz CT molecular complexity index is 110. The third-order valence-electron chi connectivity index (χ3n) is 0.361. The Labute approximate surface area is 49.7 Å². The van der Waals surface area contributed by atoms with E-state index in [1.54, 1.807) is 0 Å².